The molecule has 40 heavy (non-hydrogen) atoms. The number of likely N-dealkylation sites (tertiary alicyclic amines) is 2. The summed E-state index contributed by atoms with van der Waals surface area (Å²) in [7, 11) is 0. The summed E-state index contributed by atoms with van der Waals surface area (Å²) >= 11 is 1.60. The van der Waals surface area contributed by atoms with Crippen LogP contribution in [-0.2, 0) is 11.3 Å². The van der Waals surface area contributed by atoms with Gasteiger partial charge in [0.15, 0.2) is 0 Å². The van der Waals surface area contributed by atoms with Crippen molar-refractivity contribution in [1.82, 2.24) is 25.3 Å². The van der Waals surface area contributed by atoms with E-state index in [4.69, 9.17) is 4.74 Å². The van der Waals surface area contributed by atoms with E-state index in [2.05, 4.69) is 34.3 Å². The first-order valence-electron chi connectivity index (χ1n) is 14.5. The summed E-state index contributed by atoms with van der Waals surface area (Å²) in [4.78, 5) is 29.9. The minimum atomic E-state index is -0.0777. The van der Waals surface area contributed by atoms with Gasteiger partial charge >= 0.3 is 0 Å². The molecule has 3 aliphatic rings. The molecule has 2 aromatic carbocycles. The fourth-order valence-corrected chi connectivity index (χ4v) is 6.61. The minimum absolute atomic E-state index is 0.0777. The third-order valence-corrected chi connectivity index (χ3v) is 9.50. The first kappa shape index (κ1) is 26.9. The largest absolute Gasteiger partial charge is 0.457 e. The molecule has 2 amide bonds. The van der Waals surface area contributed by atoms with E-state index < -0.39 is 0 Å². The maximum Gasteiger partial charge on any atom is 0.251 e. The van der Waals surface area contributed by atoms with Crippen molar-refractivity contribution in [3.05, 3.63) is 58.6 Å². The molecular weight excluding hydrogens is 522 g/mol. The second kappa shape index (κ2) is 11.7. The zero-order valence-electron chi connectivity index (χ0n) is 23.3. The SMILES string of the molecule is CC(C)c1nnc(-c2ccc(Oc3cc(C(=O)N[C@H]4C[C@@H](N5CCCC5)C4)ccc3CN3CCCC3=O)cc2)s1. The van der Waals surface area contributed by atoms with E-state index in [1.807, 2.05) is 47.4 Å². The zero-order chi connectivity index (χ0) is 27.6. The number of hydrogen-bond acceptors (Lipinski definition) is 7. The smallest absolute Gasteiger partial charge is 0.251 e. The van der Waals surface area contributed by atoms with Crippen molar-refractivity contribution < 1.29 is 14.3 Å². The highest BCUT2D eigenvalue weighted by Gasteiger charge is 2.35. The van der Waals surface area contributed by atoms with Crippen LogP contribution < -0.4 is 10.1 Å². The second-order valence-electron chi connectivity index (χ2n) is 11.5. The predicted molar refractivity (Wildman–Crippen MR) is 156 cm³/mol. The molecule has 2 saturated heterocycles. The van der Waals surface area contributed by atoms with Gasteiger partial charge < -0.3 is 19.9 Å². The molecule has 1 N–H and O–H groups in total. The highest BCUT2D eigenvalue weighted by molar-refractivity contribution is 7.14. The molecule has 0 spiro atoms. The fraction of sp³-hybridized carbons (Fsp3) is 0.484. The summed E-state index contributed by atoms with van der Waals surface area (Å²) in [5.74, 6) is 1.69. The molecule has 0 atom stereocenters. The maximum atomic E-state index is 13.2. The van der Waals surface area contributed by atoms with E-state index in [-0.39, 0.29) is 17.9 Å². The van der Waals surface area contributed by atoms with Crippen molar-refractivity contribution in [2.24, 2.45) is 0 Å². The van der Waals surface area contributed by atoms with Gasteiger partial charge in [-0.3, -0.25) is 9.59 Å². The average Bonchev–Trinajstić information content (AvgIpc) is 3.70. The van der Waals surface area contributed by atoms with Crippen molar-refractivity contribution in [2.75, 3.05) is 19.6 Å². The van der Waals surface area contributed by atoms with Crippen molar-refractivity contribution in [3.63, 3.8) is 0 Å². The van der Waals surface area contributed by atoms with Gasteiger partial charge in [0.05, 0.1) is 0 Å². The lowest BCUT2D eigenvalue weighted by Gasteiger charge is -2.41. The molecule has 0 unspecified atom stereocenters. The van der Waals surface area contributed by atoms with Gasteiger partial charge in [-0.2, -0.15) is 0 Å². The molecule has 210 valence electrons. The first-order valence-corrected chi connectivity index (χ1v) is 15.3. The highest BCUT2D eigenvalue weighted by Crippen LogP contribution is 2.33. The first-order chi connectivity index (χ1) is 19.4. The van der Waals surface area contributed by atoms with Crippen LogP contribution >= 0.6 is 11.3 Å². The van der Waals surface area contributed by atoms with Crippen LogP contribution in [0.5, 0.6) is 11.5 Å². The van der Waals surface area contributed by atoms with E-state index in [1.54, 1.807) is 11.3 Å². The van der Waals surface area contributed by atoms with Crippen molar-refractivity contribution >= 4 is 23.2 Å². The summed E-state index contributed by atoms with van der Waals surface area (Å²) in [5.41, 5.74) is 2.45. The van der Waals surface area contributed by atoms with Gasteiger partial charge in [0.25, 0.3) is 5.91 Å². The lowest BCUT2D eigenvalue weighted by Crippen LogP contribution is -2.53. The lowest BCUT2D eigenvalue weighted by molar-refractivity contribution is -0.128. The molecule has 1 aliphatic carbocycles. The van der Waals surface area contributed by atoms with E-state index in [1.165, 1.54) is 25.9 Å². The Morgan fingerprint density at radius 2 is 1.82 bits per heavy atom. The van der Waals surface area contributed by atoms with Gasteiger partial charge in [0, 0.05) is 54.2 Å². The summed E-state index contributed by atoms with van der Waals surface area (Å²) in [5, 5.41) is 13.7. The normalized spacial score (nSPS) is 21.2. The Morgan fingerprint density at radius 1 is 1.05 bits per heavy atom. The molecule has 6 rings (SSSR count). The van der Waals surface area contributed by atoms with Gasteiger partial charge in [0.2, 0.25) is 5.91 Å². The minimum Gasteiger partial charge on any atom is -0.457 e. The number of ether oxygens (including phenoxy) is 1. The molecule has 2 aliphatic heterocycles. The van der Waals surface area contributed by atoms with E-state index in [0.717, 1.165) is 46.9 Å². The molecule has 0 bridgehead atoms. The third-order valence-electron chi connectivity index (χ3n) is 8.23. The van der Waals surface area contributed by atoms with Crippen LogP contribution in [0.2, 0.25) is 0 Å². The molecule has 0 radical (unpaired) electrons. The summed E-state index contributed by atoms with van der Waals surface area (Å²) in [6.07, 6.45) is 6.07. The Hall–Kier alpha value is -3.30. The molecular formula is C31H37N5O3S. The van der Waals surface area contributed by atoms with Gasteiger partial charge in [-0.25, -0.2) is 0 Å². The Bertz CT molecular complexity index is 1360. The number of hydrogen-bond donors (Lipinski definition) is 1. The van der Waals surface area contributed by atoms with Crippen molar-refractivity contribution in [3.8, 4) is 22.1 Å². The van der Waals surface area contributed by atoms with Crippen LogP contribution in [-0.4, -0.2) is 63.5 Å². The number of nitrogens with zero attached hydrogens (tertiary/aromatic N) is 4. The van der Waals surface area contributed by atoms with Gasteiger partial charge in [-0.15, -0.1) is 10.2 Å². The number of amides is 2. The van der Waals surface area contributed by atoms with Gasteiger partial charge in [-0.05, 0) is 81.6 Å². The van der Waals surface area contributed by atoms with E-state index >= 15 is 0 Å². The molecule has 8 nitrogen and oxygen atoms in total. The van der Waals surface area contributed by atoms with Crippen LogP contribution in [0, 0.1) is 0 Å². The number of rotatable bonds is 9. The quantitative estimate of drug-likeness (QED) is 0.367. The van der Waals surface area contributed by atoms with E-state index in [9.17, 15) is 9.59 Å². The zero-order valence-corrected chi connectivity index (χ0v) is 24.1. The Kier molecular flexibility index (Phi) is 7.85. The summed E-state index contributed by atoms with van der Waals surface area (Å²) < 4.78 is 6.35. The average molecular weight is 560 g/mol. The van der Waals surface area contributed by atoms with Crippen molar-refractivity contribution in [2.45, 2.75) is 76.9 Å². The predicted octanol–water partition coefficient (Wildman–Crippen LogP) is 5.60. The molecule has 3 heterocycles. The van der Waals surface area contributed by atoms with Gasteiger partial charge in [-0.1, -0.05) is 31.3 Å². The van der Waals surface area contributed by atoms with Crippen LogP contribution in [0.1, 0.15) is 79.2 Å². The second-order valence-corrected chi connectivity index (χ2v) is 12.5. The number of nitrogens with one attached hydrogen (secondary N) is 1. The fourth-order valence-electron chi connectivity index (χ4n) is 5.75. The maximum absolute atomic E-state index is 13.2. The molecule has 3 fully saturated rings. The molecule has 1 aromatic heterocycles. The molecule has 1 saturated carbocycles. The van der Waals surface area contributed by atoms with Crippen molar-refractivity contribution in [1.29, 1.82) is 0 Å². The lowest BCUT2D eigenvalue weighted by atomic mass is 9.85. The van der Waals surface area contributed by atoms with Crippen LogP contribution in [0.3, 0.4) is 0 Å². The van der Waals surface area contributed by atoms with Crippen LogP contribution in [0.25, 0.3) is 10.6 Å². The number of carbonyl (C=O) groups excluding carboxylic acids is 2. The molecule has 3 aromatic rings. The van der Waals surface area contributed by atoms with Gasteiger partial charge in [0.1, 0.15) is 21.5 Å². The highest BCUT2D eigenvalue weighted by atomic mass is 32.1. The number of carbonyl (C=O) groups is 2. The Labute approximate surface area is 239 Å². The topological polar surface area (TPSA) is 87.7 Å². The molecule has 9 heteroatoms. The Morgan fingerprint density at radius 3 is 2.50 bits per heavy atom. The van der Waals surface area contributed by atoms with Crippen LogP contribution in [0.15, 0.2) is 42.5 Å². The standard InChI is InChI=1S/C31H37N5O3S/c1-20(2)30-33-34-31(40-30)21-9-11-26(12-10-21)39-27-16-22(7-8-23(27)19-36-15-5-6-28(36)37)29(38)32-24-17-25(18-24)35-13-3-4-14-35/h7-12,16,20,24-25H,3-6,13-15,17-19H2,1-2H3,(H,32,38)/t24-,25+. The monoisotopic (exact) mass is 559 g/mol. The number of benzene rings is 2. The summed E-state index contributed by atoms with van der Waals surface area (Å²) in [6.45, 7) is 7.81. The van der Waals surface area contributed by atoms with Crippen LogP contribution in [0.4, 0.5) is 0 Å². The van der Waals surface area contributed by atoms with E-state index in [0.29, 0.717) is 42.0 Å². The summed E-state index contributed by atoms with van der Waals surface area (Å²) in [6, 6.07) is 14.2. The Balaban J connectivity index is 1.17. The third kappa shape index (κ3) is 5.90. The number of aromatic nitrogens is 2.